The molecule has 0 amide bonds. The van der Waals surface area contributed by atoms with E-state index >= 15 is 0 Å². The number of ether oxygens (including phenoxy) is 2. The molecule has 0 spiro atoms. The highest BCUT2D eigenvalue weighted by Gasteiger charge is 2.35. The van der Waals surface area contributed by atoms with Crippen LogP contribution in [0.5, 0.6) is 5.75 Å². The molecule has 0 radical (unpaired) electrons. The van der Waals surface area contributed by atoms with Crippen molar-refractivity contribution in [3.63, 3.8) is 0 Å². The minimum absolute atomic E-state index is 0.0339. The number of furan rings is 1. The molecule has 3 rings (SSSR count). The quantitative estimate of drug-likeness (QED) is 0.542. The zero-order valence-electron chi connectivity index (χ0n) is 16.4. The van der Waals surface area contributed by atoms with Crippen molar-refractivity contribution < 1.29 is 31.9 Å². The van der Waals surface area contributed by atoms with E-state index in [9.17, 15) is 27.6 Å². The molecule has 2 heterocycles. The fourth-order valence-electron chi connectivity index (χ4n) is 2.93. The van der Waals surface area contributed by atoms with Crippen LogP contribution in [-0.4, -0.2) is 27.8 Å². The van der Waals surface area contributed by atoms with Crippen molar-refractivity contribution in [1.29, 1.82) is 0 Å². The number of benzene rings is 1. The van der Waals surface area contributed by atoms with E-state index in [-0.39, 0.29) is 34.0 Å². The van der Waals surface area contributed by atoms with Crippen LogP contribution in [0.2, 0.25) is 5.02 Å². The van der Waals surface area contributed by atoms with Crippen molar-refractivity contribution in [2.45, 2.75) is 26.1 Å². The Labute approximate surface area is 177 Å². The summed E-state index contributed by atoms with van der Waals surface area (Å²) in [4.78, 5) is 36.8. The minimum Gasteiger partial charge on any atom is -0.479 e. The first-order valence-corrected chi connectivity index (χ1v) is 9.28. The Morgan fingerprint density at radius 2 is 1.94 bits per heavy atom. The lowest BCUT2D eigenvalue weighted by atomic mass is 10.2. The lowest BCUT2D eigenvalue weighted by molar-refractivity contribution is -0.150. The zero-order chi connectivity index (χ0) is 23.1. The molecule has 0 aliphatic rings. The molecule has 0 N–H and O–H groups in total. The van der Waals surface area contributed by atoms with Crippen molar-refractivity contribution in [2.75, 3.05) is 6.61 Å². The van der Waals surface area contributed by atoms with Gasteiger partial charge in [-0.2, -0.15) is 13.2 Å². The molecule has 12 heteroatoms. The maximum atomic E-state index is 13.1. The van der Waals surface area contributed by atoms with E-state index in [0.717, 1.165) is 13.3 Å². The molecular weight excluding hydrogens is 445 g/mol. The summed E-state index contributed by atoms with van der Waals surface area (Å²) in [6.45, 7) is 3.23. The normalized spacial score (nSPS) is 12.7. The number of alkyl halides is 3. The Bertz CT molecular complexity index is 1270. The maximum Gasteiger partial charge on any atom is 0.431 e. The van der Waals surface area contributed by atoms with Gasteiger partial charge in [-0.25, -0.2) is 14.2 Å². The molecule has 8 nitrogen and oxygen atoms in total. The first-order chi connectivity index (χ1) is 14.5. The smallest absolute Gasteiger partial charge is 0.431 e. The third kappa shape index (κ3) is 4.18. The number of fused-ring (bicyclic) bond motifs is 1. The summed E-state index contributed by atoms with van der Waals surface area (Å²) in [5.41, 5.74) is -3.89. The SMILES string of the molecule is CCOC(=O)C(C)Oc1cc(Cl)c2occ(-n3c(=O)cc(C(F)(F)F)n(C)c3=O)c2c1. The van der Waals surface area contributed by atoms with Crippen molar-refractivity contribution in [3.8, 4) is 11.4 Å². The third-order valence-electron chi connectivity index (χ3n) is 4.36. The second kappa shape index (κ2) is 8.14. The fraction of sp³-hybridized carbons (Fsp3) is 0.316. The topological polar surface area (TPSA) is 92.7 Å². The van der Waals surface area contributed by atoms with Gasteiger partial charge in [0, 0.05) is 24.6 Å². The van der Waals surface area contributed by atoms with Crippen LogP contribution in [-0.2, 0) is 22.8 Å². The monoisotopic (exact) mass is 460 g/mol. The second-order valence-corrected chi connectivity index (χ2v) is 6.86. The summed E-state index contributed by atoms with van der Waals surface area (Å²) < 4.78 is 55.8. The Morgan fingerprint density at radius 1 is 1.26 bits per heavy atom. The van der Waals surface area contributed by atoms with Gasteiger partial charge in [-0.3, -0.25) is 9.36 Å². The van der Waals surface area contributed by atoms with Gasteiger partial charge in [0.2, 0.25) is 0 Å². The van der Waals surface area contributed by atoms with E-state index < -0.39 is 35.2 Å². The predicted molar refractivity (Wildman–Crippen MR) is 104 cm³/mol. The van der Waals surface area contributed by atoms with E-state index in [2.05, 4.69) is 0 Å². The van der Waals surface area contributed by atoms with Crippen molar-refractivity contribution in [1.82, 2.24) is 9.13 Å². The molecule has 0 aliphatic heterocycles. The molecule has 0 aliphatic carbocycles. The number of hydrogen-bond acceptors (Lipinski definition) is 6. The summed E-state index contributed by atoms with van der Waals surface area (Å²) in [5.74, 6) is -0.531. The van der Waals surface area contributed by atoms with Crippen molar-refractivity contribution in [2.24, 2.45) is 7.05 Å². The number of esters is 1. The van der Waals surface area contributed by atoms with E-state index in [1.807, 2.05) is 0 Å². The number of hydrogen-bond donors (Lipinski definition) is 0. The Morgan fingerprint density at radius 3 is 2.55 bits per heavy atom. The lowest BCUT2D eigenvalue weighted by Crippen LogP contribution is -2.40. The molecular formula is C19H16ClF3N2O6. The van der Waals surface area contributed by atoms with Gasteiger partial charge in [0.15, 0.2) is 11.7 Å². The number of halogens is 4. The van der Waals surface area contributed by atoms with Gasteiger partial charge in [-0.1, -0.05) is 11.6 Å². The molecule has 1 aromatic carbocycles. The molecule has 166 valence electrons. The molecule has 2 aromatic heterocycles. The van der Waals surface area contributed by atoms with Crippen molar-refractivity contribution >= 4 is 28.5 Å². The number of aromatic nitrogens is 2. The van der Waals surface area contributed by atoms with E-state index in [1.165, 1.54) is 19.1 Å². The largest absolute Gasteiger partial charge is 0.479 e. The van der Waals surface area contributed by atoms with Crippen LogP contribution in [0.25, 0.3) is 16.7 Å². The second-order valence-electron chi connectivity index (χ2n) is 6.46. The lowest BCUT2D eigenvalue weighted by Gasteiger charge is -2.14. The van der Waals surface area contributed by atoms with Crippen LogP contribution in [0.4, 0.5) is 13.2 Å². The highest BCUT2D eigenvalue weighted by Crippen LogP contribution is 2.34. The van der Waals surface area contributed by atoms with Crippen LogP contribution >= 0.6 is 11.6 Å². The fourth-order valence-corrected chi connectivity index (χ4v) is 3.18. The van der Waals surface area contributed by atoms with Crippen LogP contribution in [0.1, 0.15) is 19.5 Å². The number of rotatable bonds is 5. The van der Waals surface area contributed by atoms with Gasteiger partial charge in [-0.05, 0) is 19.9 Å². The van der Waals surface area contributed by atoms with Gasteiger partial charge in [0.05, 0.1) is 11.6 Å². The molecule has 1 atom stereocenters. The molecule has 0 saturated heterocycles. The average molecular weight is 461 g/mol. The number of carbonyl (C=O) groups is 1. The van der Waals surface area contributed by atoms with Gasteiger partial charge in [-0.15, -0.1) is 0 Å². The Hall–Kier alpha value is -3.21. The van der Waals surface area contributed by atoms with Gasteiger partial charge in [0.25, 0.3) is 5.56 Å². The van der Waals surface area contributed by atoms with Crippen molar-refractivity contribution in [3.05, 3.63) is 56.0 Å². The van der Waals surface area contributed by atoms with Crippen LogP contribution in [0.3, 0.4) is 0 Å². The number of carbonyl (C=O) groups excluding carboxylic acids is 1. The molecule has 0 fully saturated rings. The molecule has 0 bridgehead atoms. The van der Waals surface area contributed by atoms with E-state index in [0.29, 0.717) is 15.2 Å². The summed E-state index contributed by atoms with van der Waals surface area (Å²) in [7, 11) is 0.895. The molecule has 0 saturated carbocycles. The standard InChI is InChI=1S/C19H16ClF3N2O6/c1-4-29-17(27)9(2)31-10-5-11-13(8-30-16(11)12(20)6-10)25-15(26)7-14(19(21,22)23)24(3)18(25)28/h5-9H,4H2,1-3H3. The first kappa shape index (κ1) is 22.5. The third-order valence-corrected chi connectivity index (χ3v) is 4.65. The highest BCUT2D eigenvalue weighted by molar-refractivity contribution is 6.35. The Balaban J connectivity index is 2.16. The first-order valence-electron chi connectivity index (χ1n) is 8.90. The van der Waals surface area contributed by atoms with Gasteiger partial charge in [0.1, 0.15) is 23.4 Å². The summed E-state index contributed by atoms with van der Waals surface area (Å²) >= 11 is 6.17. The predicted octanol–water partition coefficient (Wildman–Crippen LogP) is 3.29. The summed E-state index contributed by atoms with van der Waals surface area (Å²) in [5, 5.41) is 0.157. The highest BCUT2D eigenvalue weighted by atomic mass is 35.5. The van der Waals surface area contributed by atoms with Gasteiger partial charge >= 0.3 is 17.8 Å². The Kier molecular flexibility index (Phi) is 5.90. The van der Waals surface area contributed by atoms with Crippen LogP contribution in [0.15, 0.2) is 38.5 Å². The average Bonchev–Trinajstić information content (AvgIpc) is 3.08. The van der Waals surface area contributed by atoms with E-state index in [1.54, 1.807) is 6.92 Å². The van der Waals surface area contributed by atoms with Gasteiger partial charge < -0.3 is 13.9 Å². The number of nitrogens with zero attached hydrogens (tertiary/aromatic N) is 2. The summed E-state index contributed by atoms with van der Waals surface area (Å²) in [6, 6.07) is 3.00. The molecule has 1 unspecified atom stereocenters. The van der Waals surface area contributed by atoms with E-state index in [4.69, 9.17) is 25.5 Å². The van der Waals surface area contributed by atoms with Crippen LogP contribution in [0, 0.1) is 0 Å². The molecule has 31 heavy (non-hydrogen) atoms. The molecule has 3 aromatic rings. The van der Waals surface area contributed by atoms with Crippen LogP contribution < -0.4 is 16.0 Å². The maximum absolute atomic E-state index is 13.1. The minimum atomic E-state index is -4.89. The zero-order valence-corrected chi connectivity index (χ0v) is 17.2. The summed E-state index contributed by atoms with van der Waals surface area (Å²) in [6.07, 6.45) is -4.87.